The van der Waals surface area contributed by atoms with E-state index < -0.39 is 0 Å². The summed E-state index contributed by atoms with van der Waals surface area (Å²) in [6, 6.07) is 14.8. The van der Waals surface area contributed by atoms with Crippen molar-refractivity contribution in [1.29, 1.82) is 0 Å². The third-order valence-electron chi connectivity index (χ3n) is 4.28. The van der Waals surface area contributed by atoms with Gasteiger partial charge in [-0.1, -0.05) is 24.3 Å². The van der Waals surface area contributed by atoms with E-state index in [0.717, 1.165) is 16.5 Å². The molecule has 6 nitrogen and oxygen atoms in total. The van der Waals surface area contributed by atoms with E-state index in [9.17, 15) is 9.59 Å². The molecule has 1 aliphatic rings. The Hall–Kier alpha value is -3.28. The first-order valence-corrected chi connectivity index (χ1v) is 8.45. The van der Waals surface area contributed by atoms with Crippen LogP contribution in [0.5, 0.6) is 11.5 Å². The molecule has 3 aromatic rings. The summed E-state index contributed by atoms with van der Waals surface area (Å²) < 4.78 is 11.0. The molecule has 6 heteroatoms. The minimum Gasteiger partial charge on any atom is -0.486 e. The Labute approximate surface area is 149 Å². The molecule has 0 aliphatic carbocycles. The third-order valence-corrected chi connectivity index (χ3v) is 4.28. The number of carbonyl (C=O) groups excluding carboxylic acids is 1. The van der Waals surface area contributed by atoms with Crippen LogP contribution in [0, 0.1) is 0 Å². The van der Waals surface area contributed by atoms with Gasteiger partial charge in [-0.25, -0.2) is 0 Å². The minimum atomic E-state index is -0.191. The van der Waals surface area contributed by atoms with Crippen LogP contribution in [0.3, 0.4) is 0 Å². The van der Waals surface area contributed by atoms with Crippen molar-refractivity contribution >= 4 is 16.8 Å². The van der Waals surface area contributed by atoms with E-state index in [1.54, 1.807) is 6.07 Å². The molecular formula is C20H18N2O4. The molecule has 132 valence electrons. The molecule has 0 bridgehead atoms. The maximum absolute atomic E-state index is 12.2. The molecule has 0 saturated heterocycles. The number of aromatic amines is 1. The second-order valence-electron chi connectivity index (χ2n) is 6.14. The van der Waals surface area contributed by atoms with Crippen molar-refractivity contribution in [3.63, 3.8) is 0 Å². The Balaban J connectivity index is 1.43. The summed E-state index contributed by atoms with van der Waals surface area (Å²) in [6.07, 6.45) is 0.210. The molecular weight excluding hydrogens is 332 g/mol. The average Bonchev–Trinajstić information content (AvgIpc) is 2.66. The van der Waals surface area contributed by atoms with E-state index in [0.29, 0.717) is 30.3 Å². The van der Waals surface area contributed by atoms with Gasteiger partial charge >= 0.3 is 0 Å². The van der Waals surface area contributed by atoms with Crippen LogP contribution < -0.4 is 20.3 Å². The largest absolute Gasteiger partial charge is 0.486 e. The maximum Gasteiger partial charge on any atom is 0.253 e. The van der Waals surface area contributed by atoms with Gasteiger partial charge in [0.2, 0.25) is 5.91 Å². The lowest BCUT2D eigenvalue weighted by Gasteiger charge is -2.18. The predicted molar refractivity (Wildman–Crippen MR) is 97.6 cm³/mol. The number of aromatic nitrogens is 1. The van der Waals surface area contributed by atoms with E-state index in [-0.39, 0.29) is 24.4 Å². The lowest BCUT2D eigenvalue weighted by Crippen LogP contribution is -2.28. The number of amides is 1. The first-order valence-electron chi connectivity index (χ1n) is 8.45. The summed E-state index contributed by atoms with van der Waals surface area (Å²) in [5, 5.41) is 3.74. The molecule has 2 N–H and O–H groups in total. The Kier molecular flexibility index (Phi) is 4.31. The first-order chi connectivity index (χ1) is 12.7. The Morgan fingerprint density at radius 3 is 2.73 bits per heavy atom. The number of pyridine rings is 1. The summed E-state index contributed by atoms with van der Waals surface area (Å²) in [7, 11) is 0. The van der Waals surface area contributed by atoms with Crippen molar-refractivity contribution in [2.75, 3.05) is 13.2 Å². The van der Waals surface area contributed by atoms with Crippen LogP contribution in [0.15, 0.2) is 53.3 Å². The Bertz CT molecular complexity index is 1030. The zero-order chi connectivity index (χ0) is 17.9. The standard InChI is InChI=1S/C20H18N2O4/c23-19(10-13-5-6-17-18(9-13)26-8-7-25-17)21-12-15-11-14-3-1-2-4-16(14)22-20(15)24/h1-6,9,11H,7-8,10,12H2,(H,21,23)(H,22,24). The van der Waals surface area contributed by atoms with Crippen LogP contribution in [0.1, 0.15) is 11.1 Å². The number of hydrogen-bond acceptors (Lipinski definition) is 4. The molecule has 1 aliphatic heterocycles. The van der Waals surface area contributed by atoms with Crippen LogP contribution in [-0.2, 0) is 17.8 Å². The highest BCUT2D eigenvalue weighted by Gasteiger charge is 2.13. The first kappa shape index (κ1) is 16.2. The van der Waals surface area contributed by atoms with Gasteiger partial charge in [-0.2, -0.15) is 0 Å². The molecule has 2 aromatic carbocycles. The molecule has 0 spiro atoms. The van der Waals surface area contributed by atoms with Crippen LogP contribution in [0.25, 0.3) is 10.9 Å². The second kappa shape index (κ2) is 6.92. The fraction of sp³-hybridized carbons (Fsp3) is 0.200. The lowest BCUT2D eigenvalue weighted by molar-refractivity contribution is -0.120. The normalized spacial score (nSPS) is 12.8. The van der Waals surface area contributed by atoms with Gasteiger partial charge < -0.3 is 19.8 Å². The zero-order valence-corrected chi connectivity index (χ0v) is 14.1. The van der Waals surface area contributed by atoms with E-state index in [1.165, 1.54) is 0 Å². The van der Waals surface area contributed by atoms with Crippen LogP contribution in [-0.4, -0.2) is 24.1 Å². The smallest absolute Gasteiger partial charge is 0.253 e. The second-order valence-corrected chi connectivity index (χ2v) is 6.14. The molecule has 26 heavy (non-hydrogen) atoms. The predicted octanol–water partition coefficient (Wildman–Crippen LogP) is 2.16. The number of hydrogen-bond donors (Lipinski definition) is 2. The van der Waals surface area contributed by atoms with Crippen molar-refractivity contribution < 1.29 is 14.3 Å². The number of para-hydroxylation sites is 1. The molecule has 0 radical (unpaired) electrons. The fourth-order valence-corrected chi connectivity index (χ4v) is 2.96. The molecule has 0 atom stereocenters. The highest BCUT2D eigenvalue weighted by molar-refractivity contribution is 5.80. The SMILES string of the molecule is O=C(Cc1ccc2c(c1)OCCO2)NCc1cc2ccccc2[nH]c1=O. The summed E-state index contributed by atoms with van der Waals surface area (Å²) in [5.74, 6) is 1.20. The van der Waals surface area contributed by atoms with Gasteiger partial charge in [0.15, 0.2) is 11.5 Å². The number of benzene rings is 2. The van der Waals surface area contributed by atoms with Gasteiger partial charge in [-0.3, -0.25) is 9.59 Å². The van der Waals surface area contributed by atoms with Gasteiger partial charge in [0.25, 0.3) is 5.56 Å². The van der Waals surface area contributed by atoms with Crippen molar-refractivity contribution in [3.8, 4) is 11.5 Å². The number of ether oxygens (including phenoxy) is 2. The average molecular weight is 350 g/mol. The molecule has 1 amide bonds. The number of rotatable bonds is 4. The van der Waals surface area contributed by atoms with Gasteiger partial charge in [-0.05, 0) is 35.2 Å². The highest BCUT2D eigenvalue weighted by atomic mass is 16.6. The Morgan fingerprint density at radius 1 is 1.04 bits per heavy atom. The number of nitrogens with one attached hydrogen (secondary N) is 2. The van der Waals surface area contributed by atoms with E-state index in [1.807, 2.05) is 42.5 Å². The van der Waals surface area contributed by atoms with Crippen LogP contribution in [0.2, 0.25) is 0 Å². The molecule has 0 fully saturated rings. The maximum atomic E-state index is 12.2. The third kappa shape index (κ3) is 3.39. The van der Waals surface area contributed by atoms with Crippen LogP contribution in [0.4, 0.5) is 0 Å². The zero-order valence-electron chi connectivity index (χ0n) is 14.1. The van der Waals surface area contributed by atoms with Crippen molar-refractivity contribution in [2.24, 2.45) is 0 Å². The van der Waals surface area contributed by atoms with Gasteiger partial charge in [0.1, 0.15) is 13.2 Å². The van der Waals surface area contributed by atoms with Crippen molar-refractivity contribution in [2.45, 2.75) is 13.0 Å². The van der Waals surface area contributed by atoms with Crippen molar-refractivity contribution in [1.82, 2.24) is 10.3 Å². The number of H-pyrrole nitrogens is 1. The van der Waals surface area contributed by atoms with Gasteiger partial charge in [0, 0.05) is 17.6 Å². The van der Waals surface area contributed by atoms with Crippen LogP contribution >= 0.6 is 0 Å². The molecule has 0 unspecified atom stereocenters. The summed E-state index contributed by atoms with van der Waals surface area (Å²) in [6.45, 7) is 1.23. The monoisotopic (exact) mass is 350 g/mol. The van der Waals surface area contributed by atoms with E-state index >= 15 is 0 Å². The fourth-order valence-electron chi connectivity index (χ4n) is 2.96. The van der Waals surface area contributed by atoms with Gasteiger partial charge in [0.05, 0.1) is 6.42 Å². The summed E-state index contributed by atoms with van der Waals surface area (Å²) in [5.41, 5.74) is 1.95. The number of fused-ring (bicyclic) bond motifs is 2. The molecule has 2 heterocycles. The topological polar surface area (TPSA) is 80.4 Å². The quantitative estimate of drug-likeness (QED) is 0.756. The highest BCUT2D eigenvalue weighted by Crippen LogP contribution is 2.30. The molecule has 0 saturated carbocycles. The van der Waals surface area contributed by atoms with Crippen molar-refractivity contribution in [3.05, 3.63) is 70.0 Å². The van der Waals surface area contributed by atoms with E-state index in [4.69, 9.17) is 9.47 Å². The minimum absolute atomic E-state index is 0.158. The molecule has 4 rings (SSSR count). The number of carbonyl (C=O) groups is 1. The van der Waals surface area contributed by atoms with Gasteiger partial charge in [-0.15, -0.1) is 0 Å². The molecule has 1 aromatic heterocycles. The lowest BCUT2D eigenvalue weighted by atomic mass is 10.1. The van der Waals surface area contributed by atoms with E-state index in [2.05, 4.69) is 10.3 Å². The summed E-state index contributed by atoms with van der Waals surface area (Å²) >= 11 is 0. The Morgan fingerprint density at radius 2 is 1.85 bits per heavy atom. The summed E-state index contributed by atoms with van der Waals surface area (Å²) in [4.78, 5) is 27.2.